The van der Waals surface area contributed by atoms with E-state index in [0.29, 0.717) is 6.42 Å². The highest BCUT2D eigenvalue weighted by atomic mass is 19.1. The van der Waals surface area contributed by atoms with Crippen LogP contribution in [0.25, 0.3) is 0 Å². The van der Waals surface area contributed by atoms with Crippen molar-refractivity contribution in [2.45, 2.75) is 50.2 Å². The number of fused-ring (bicyclic) bond motifs is 1. The number of hydrogen-bond donors (Lipinski definition) is 1. The van der Waals surface area contributed by atoms with E-state index in [4.69, 9.17) is 4.74 Å². The predicted molar refractivity (Wildman–Crippen MR) is 94.1 cm³/mol. The third-order valence-electron chi connectivity index (χ3n) is 5.29. The van der Waals surface area contributed by atoms with Crippen LogP contribution in [0.1, 0.15) is 42.7 Å². The summed E-state index contributed by atoms with van der Waals surface area (Å²) in [7, 11) is 0. The van der Waals surface area contributed by atoms with Gasteiger partial charge in [-0.1, -0.05) is 24.3 Å². The van der Waals surface area contributed by atoms with Crippen molar-refractivity contribution in [3.05, 3.63) is 65.5 Å². The Morgan fingerprint density at radius 1 is 1.04 bits per heavy atom. The lowest BCUT2D eigenvalue weighted by molar-refractivity contribution is -0.124. The van der Waals surface area contributed by atoms with Gasteiger partial charge in [-0.3, -0.25) is 4.79 Å². The van der Waals surface area contributed by atoms with Crippen molar-refractivity contribution in [2.75, 3.05) is 0 Å². The van der Waals surface area contributed by atoms with E-state index in [9.17, 15) is 9.18 Å². The van der Waals surface area contributed by atoms with Gasteiger partial charge in [-0.2, -0.15) is 0 Å². The van der Waals surface area contributed by atoms with Gasteiger partial charge in [0, 0.05) is 6.04 Å². The van der Waals surface area contributed by atoms with Gasteiger partial charge in [-0.25, -0.2) is 4.39 Å². The fourth-order valence-corrected chi connectivity index (χ4v) is 3.83. The number of carbonyl (C=O) groups is 1. The molecule has 0 bridgehead atoms. The molecule has 0 spiro atoms. The summed E-state index contributed by atoms with van der Waals surface area (Å²) in [6.07, 6.45) is 4.66. The molecule has 1 N–H and O–H groups in total. The summed E-state index contributed by atoms with van der Waals surface area (Å²) < 4.78 is 19.3. The number of hydrogen-bond acceptors (Lipinski definition) is 2. The lowest BCUT2D eigenvalue weighted by Gasteiger charge is -2.33. The lowest BCUT2D eigenvalue weighted by atomic mass is 9.76. The third kappa shape index (κ3) is 3.53. The molecule has 0 aromatic heterocycles. The molecule has 0 radical (unpaired) electrons. The number of benzene rings is 2. The Bertz CT molecular complexity index is 754. The molecule has 1 amide bonds. The number of amides is 1. The van der Waals surface area contributed by atoms with Gasteiger partial charge >= 0.3 is 0 Å². The van der Waals surface area contributed by atoms with E-state index in [1.165, 1.54) is 12.1 Å². The molecule has 2 aromatic carbocycles. The quantitative estimate of drug-likeness (QED) is 0.915. The minimum Gasteiger partial charge on any atom is -0.490 e. The molecule has 4 heteroatoms. The normalized spacial score (nSPS) is 24.8. The molecule has 1 unspecified atom stereocenters. The summed E-state index contributed by atoms with van der Waals surface area (Å²) in [5, 5.41) is 3.15. The molecule has 0 saturated heterocycles. The molecule has 0 heterocycles. The molecule has 1 saturated carbocycles. The summed E-state index contributed by atoms with van der Waals surface area (Å²) in [6.45, 7) is 0. The number of ether oxygens (including phenoxy) is 1. The van der Waals surface area contributed by atoms with Crippen LogP contribution in [0.3, 0.4) is 0 Å². The highest BCUT2D eigenvalue weighted by Gasteiger charge is 2.34. The van der Waals surface area contributed by atoms with Gasteiger partial charge in [-0.15, -0.1) is 0 Å². The van der Waals surface area contributed by atoms with Gasteiger partial charge in [0.2, 0.25) is 5.91 Å². The van der Waals surface area contributed by atoms with E-state index in [1.54, 1.807) is 6.07 Å². The van der Waals surface area contributed by atoms with Crippen LogP contribution < -0.4 is 10.1 Å². The zero-order valence-electron chi connectivity index (χ0n) is 14.1. The van der Waals surface area contributed by atoms with Crippen LogP contribution in [0.4, 0.5) is 4.39 Å². The zero-order valence-corrected chi connectivity index (χ0v) is 14.1. The monoisotopic (exact) mass is 339 g/mol. The Kier molecular flexibility index (Phi) is 4.43. The molecule has 0 aliphatic heterocycles. The smallest absolute Gasteiger partial charge is 0.228 e. The Morgan fingerprint density at radius 2 is 1.80 bits per heavy atom. The van der Waals surface area contributed by atoms with E-state index in [1.807, 2.05) is 30.3 Å². The topological polar surface area (TPSA) is 38.3 Å². The molecular formula is C21H22FNO2. The maximum atomic E-state index is 13.4. The van der Waals surface area contributed by atoms with E-state index >= 15 is 0 Å². The van der Waals surface area contributed by atoms with E-state index in [0.717, 1.165) is 42.6 Å². The molecular weight excluding hydrogens is 317 g/mol. The Labute approximate surface area is 147 Å². The molecule has 2 aromatic rings. The second-order valence-electron chi connectivity index (χ2n) is 7.01. The maximum absolute atomic E-state index is 13.4. The highest BCUT2D eigenvalue weighted by Crippen LogP contribution is 2.36. The first-order valence-corrected chi connectivity index (χ1v) is 8.99. The first-order chi connectivity index (χ1) is 12.2. The second kappa shape index (κ2) is 6.87. The molecule has 1 fully saturated rings. The fourth-order valence-electron chi connectivity index (χ4n) is 3.83. The Hall–Kier alpha value is -2.36. The van der Waals surface area contributed by atoms with E-state index in [-0.39, 0.29) is 29.8 Å². The number of nitrogens with one attached hydrogen (secondary N) is 1. The molecule has 2 aliphatic rings. The van der Waals surface area contributed by atoms with Crippen molar-refractivity contribution in [2.24, 2.45) is 0 Å². The molecule has 130 valence electrons. The number of halogens is 1. The Morgan fingerprint density at radius 3 is 2.56 bits per heavy atom. The first-order valence-electron chi connectivity index (χ1n) is 8.99. The highest BCUT2D eigenvalue weighted by molar-refractivity contribution is 5.87. The van der Waals surface area contributed by atoms with E-state index < -0.39 is 0 Å². The molecule has 4 rings (SSSR count). The maximum Gasteiger partial charge on any atom is 0.228 e. The Balaban J connectivity index is 1.27. The van der Waals surface area contributed by atoms with Crippen LogP contribution in [-0.2, 0) is 11.2 Å². The summed E-state index contributed by atoms with van der Waals surface area (Å²) >= 11 is 0. The van der Waals surface area contributed by atoms with Crippen LogP contribution in [0.2, 0.25) is 0 Å². The van der Waals surface area contributed by atoms with Crippen molar-refractivity contribution >= 4 is 5.91 Å². The van der Waals surface area contributed by atoms with Crippen molar-refractivity contribution < 1.29 is 13.9 Å². The van der Waals surface area contributed by atoms with Crippen LogP contribution in [-0.4, -0.2) is 18.1 Å². The molecule has 25 heavy (non-hydrogen) atoms. The van der Waals surface area contributed by atoms with Crippen LogP contribution in [0, 0.1) is 5.82 Å². The average Bonchev–Trinajstić information content (AvgIpc) is 2.60. The minimum atomic E-state index is -0.269. The van der Waals surface area contributed by atoms with Gasteiger partial charge in [-0.05, 0) is 67.5 Å². The second-order valence-corrected chi connectivity index (χ2v) is 7.01. The van der Waals surface area contributed by atoms with E-state index in [2.05, 4.69) is 5.32 Å². The van der Waals surface area contributed by atoms with Crippen molar-refractivity contribution in [3.8, 4) is 5.75 Å². The zero-order chi connectivity index (χ0) is 17.2. The first kappa shape index (κ1) is 16.1. The predicted octanol–water partition coefficient (Wildman–Crippen LogP) is 3.97. The van der Waals surface area contributed by atoms with Gasteiger partial charge in [0.1, 0.15) is 11.6 Å². The van der Waals surface area contributed by atoms with Crippen molar-refractivity contribution in [1.29, 1.82) is 0 Å². The van der Waals surface area contributed by atoms with Gasteiger partial charge in [0.25, 0.3) is 0 Å². The van der Waals surface area contributed by atoms with Crippen LogP contribution in [0.15, 0.2) is 48.5 Å². The van der Waals surface area contributed by atoms with Crippen LogP contribution in [0.5, 0.6) is 5.75 Å². The number of para-hydroxylation sites is 1. The van der Waals surface area contributed by atoms with Gasteiger partial charge in [0.15, 0.2) is 0 Å². The SMILES string of the molecule is O=C(NC1CCC(Oc2ccccc2)CC1)C1Cc2ccc(F)cc21. The lowest BCUT2D eigenvalue weighted by Crippen LogP contribution is -2.44. The molecule has 2 aliphatic carbocycles. The summed E-state index contributed by atoms with van der Waals surface area (Å²) in [4.78, 5) is 12.5. The summed E-state index contributed by atoms with van der Waals surface area (Å²) in [5.74, 6) is 0.479. The number of rotatable bonds is 4. The summed E-state index contributed by atoms with van der Waals surface area (Å²) in [6, 6.07) is 14.8. The van der Waals surface area contributed by atoms with Crippen molar-refractivity contribution in [1.82, 2.24) is 5.32 Å². The standard InChI is InChI=1S/C21H22FNO2/c22-15-7-6-14-12-20(19(14)13-15)21(24)23-16-8-10-18(11-9-16)25-17-4-2-1-3-5-17/h1-7,13,16,18,20H,8-12H2,(H,23,24). The summed E-state index contributed by atoms with van der Waals surface area (Å²) in [5.41, 5.74) is 1.93. The van der Waals surface area contributed by atoms with Crippen LogP contribution >= 0.6 is 0 Å². The minimum absolute atomic E-state index is 0.0329. The average molecular weight is 339 g/mol. The van der Waals surface area contributed by atoms with Crippen molar-refractivity contribution in [3.63, 3.8) is 0 Å². The molecule has 3 nitrogen and oxygen atoms in total. The fraction of sp³-hybridized carbons (Fsp3) is 0.381. The largest absolute Gasteiger partial charge is 0.490 e. The third-order valence-corrected chi connectivity index (χ3v) is 5.29. The number of carbonyl (C=O) groups excluding carboxylic acids is 1. The van der Waals surface area contributed by atoms with Gasteiger partial charge < -0.3 is 10.1 Å². The van der Waals surface area contributed by atoms with Gasteiger partial charge in [0.05, 0.1) is 12.0 Å². The molecule has 1 atom stereocenters.